The molecule has 2 heterocycles. The molecule has 1 aliphatic heterocycles. The van der Waals surface area contributed by atoms with Gasteiger partial charge in [0.05, 0.1) is 6.10 Å². The summed E-state index contributed by atoms with van der Waals surface area (Å²) in [5, 5.41) is 3.76. The van der Waals surface area contributed by atoms with Gasteiger partial charge < -0.3 is 20.7 Å². The maximum atomic E-state index is 12.3. The fourth-order valence-electron chi connectivity index (χ4n) is 2.46. The van der Waals surface area contributed by atoms with E-state index in [-0.39, 0.29) is 12.0 Å². The molecule has 1 amide bonds. The van der Waals surface area contributed by atoms with Crippen LogP contribution in [0.3, 0.4) is 0 Å². The van der Waals surface area contributed by atoms with E-state index in [1.54, 1.807) is 0 Å². The Morgan fingerprint density at radius 3 is 2.81 bits per heavy atom. The molecule has 0 saturated carbocycles. The third-order valence-corrected chi connectivity index (χ3v) is 5.07. The summed E-state index contributed by atoms with van der Waals surface area (Å²) >= 11 is 1.35. The van der Waals surface area contributed by atoms with E-state index in [0.717, 1.165) is 31.2 Å². The first kappa shape index (κ1) is 16.0. The highest BCUT2D eigenvalue weighted by Gasteiger charge is 2.25. The minimum Gasteiger partial charge on any atom is -0.382 e. The summed E-state index contributed by atoms with van der Waals surface area (Å²) in [5.74, 6) is 0.558. The van der Waals surface area contributed by atoms with Gasteiger partial charge in [0.1, 0.15) is 10.7 Å². The van der Waals surface area contributed by atoms with Gasteiger partial charge in [-0.3, -0.25) is 4.79 Å². The number of ether oxygens (including phenoxy) is 1. The first-order chi connectivity index (χ1) is 10.1. The molecule has 0 aromatic carbocycles. The van der Waals surface area contributed by atoms with Crippen molar-refractivity contribution < 1.29 is 9.53 Å². The van der Waals surface area contributed by atoms with E-state index in [9.17, 15) is 4.79 Å². The number of amides is 1. The normalized spacial score (nSPS) is 21.5. The van der Waals surface area contributed by atoms with Crippen LogP contribution >= 0.6 is 11.3 Å². The van der Waals surface area contributed by atoms with Crippen LogP contribution in [-0.2, 0) is 4.74 Å². The van der Waals surface area contributed by atoms with E-state index >= 15 is 0 Å². The first-order valence-electron chi connectivity index (χ1n) is 7.47. The summed E-state index contributed by atoms with van der Waals surface area (Å²) in [7, 11) is 0. The van der Waals surface area contributed by atoms with Crippen LogP contribution in [0.25, 0.3) is 0 Å². The molecule has 0 aliphatic carbocycles. The molecule has 2 atom stereocenters. The summed E-state index contributed by atoms with van der Waals surface area (Å²) in [6.07, 6.45) is 1.19. The molecule has 1 aromatic heterocycles. The third-order valence-electron chi connectivity index (χ3n) is 3.94. The lowest BCUT2D eigenvalue weighted by Crippen LogP contribution is -2.31. The molecule has 118 valence electrons. The van der Waals surface area contributed by atoms with Gasteiger partial charge in [0.15, 0.2) is 5.13 Å². The summed E-state index contributed by atoms with van der Waals surface area (Å²) < 4.78 is 5.50. The Bertz CT molecular complexity index is 487. The molecule has 21 heavy (non-hydrogen) atoms. The van der Waals surface area contributed by atoms with Crippen molar-refractivity contribution in [1.82, 2.24) is 10.3 Å². The number of nitrogens with one attached hydrogen (secondary N) is 1. The van der Waals surface area contributed by atoms with Crippen molar-refractivity contribution in [3.63, 3.8) is 0 Å². The van der Waals surface area contributed by atoms with Crippen LogP contribution in [0.4, 0.5) is 10.9 Å². The maximum absolute atomic E-state index is 12.3. The van der Waals surface area contributed by atoms with E-state index in [1.165, 1.54) is 11.3 Å². The molecule has 3 N–H and O–H groups in total. The smallest absolute Gasteiger partial charge is 0.265 e. The molecular weight excluding hydrogens is 288 g/mol. The van der Waals surface area contributed by atoms with Crippen molar-refractivity contribution in [3.05, 3.63) is 4.88 Å². The Kier molecular flexibility index (Phi) is 5.41. The van der Waals surface area contributed by atoms with Gasteiger partial charge in [-0.2, -0.15) is 0 Å². The van der Waals surface area contributed by atoms with Gasteiger partial charge in [-0.1, -0.05) is 11.3 Å². The monoisotopic (exact) mass is 312 g/mol. The Morgan fingerprint density at radius 2 is 2.24 bits per heavy atom. The SMILES string of the molecule is CCN(CC)c1nc(N)c(C(=O)NCC2CCOC2C)s1. The molecule has 0 bridgehead atoms. The number of rotatable bonds is 6. The van der Waals surface area contributed by atoms with Gasteiger partial charge in [-0.25, -0.2) is 4.98 Å². The summed E-state index contributed by atoms with van der Waals surface area (Å²) in [6.45, 7) is 9.26. The second kappa shape index (κ2) is 7.09. The van der Waals surface area contributed by atoms with Gasteiger partial charge in [-0.15, -0.1) is 0 Å². The van der Waals surface area contributed by atoms with Gasteiger partial charge >= 0.3 is 0 Å². The largest absolute Gasteiger partial charge is 0.382 e. The Morgan fingerprint density at radius 1 is 1.52 bits per heavy atom. The zero-order chi connectivity index (χ0) is 15.4. The Balaban J connectivity index is 1.98. The Hall–Kier alpha value is -1.34. The average molecular weight is 312 g/mol. The lowest BCUT2D eigenvalue weighted by Gasteiger charge is -2.16. The number of anilines is 2. The minimum atomic E-state index is -0.137. The molecular formula is C14H24N4O2S. The zero-order valence-corrected chi connectivity index (χ0v) is 13.7. The summed E-state index contributed by atoms with van der Waals surface area (Å²) in [6, 6.07) is 0. The lowest BCUT2D eigenvalue weighted by molar-refractivity contribution is 0.0911. The number of carbonyl (C=O) groups excluding carboxylic acids is 1. The standard InChI is InChI=1S/C14H24N4O2S/c1-4-18(5-2)14-17-12(15)11(21-14)13(19)16-8-10-6-7-20-9(10)3/h9-10H,4-8,15H2,1-3H3,(H,16,19). The molecule has 1 aliphatic rings. The van der Waals surface area contributed by atoms with Gasteiger partial charge in [0.2, 0.25) is 0 Å². The first-order valence-corrected chi connectivity index (χ1v) is 8.29. The molecule has 1 aromatic rings. The topological polar surface area (TPSA) is 80.5 Å². The summed E-state index contributed by atoms with van der Waals surface area (Å²) in [5.41, 5.74) is 5.89. The van der Waals surface area contributed by atoms with Crippen LogP contribution in [-0.4, -0.2) is 43.2 Å². The quantitative estimate of drug-likeness (QED) is 0.836. The number of carbonyl (C=O) groups is 1. The second-order valence-electron chi connectivity index (χ2n) is 5.22. The molecule has 1 fully saturated rings. The highest BCUT2D eigenvalue weighted by atomic mass is 32.1. The van der Waals surface area contributed by atoms with Crippen molar-refractivity contribution in [1.29, 1.82) is 0 Å². The van der Waals surface area contributed by atoms with Crippen molar-refractivity contribution >= 4 is 28.2 Å². The molecule has 0 radical (unpaired) electrons. The Labute approximate surface area is 129 Å². The van der Waals surface area contributed by atoms with Crippen LogP contribution in [0.5, 0.6) is 0 Å². The summed E-state index contributed by atoms with van der Waals surface area (Å²) in [4.78, 5) is 19.2. The van der Waals surface area contributed by atoms with Crippen LogP contribution in [0.15, 0.2) is 0 Å². The highest BCUT2D eigenvalue weighted by molar-refractivity contribution is 7.18. The van der Waals surface area contributed by atoms with Gasteiger partial charge in [0.25, 0.3) is 5.91 Å². The number of nitrogens with zero attached hydrogens (tertiary/aromatic N) is 2. The highest BCUT2D eigenvalue weighted by Crippen LogP contribution is 2.28. The van der Waals surface area contributed by atoms with E-state index in [0.29, 0.717) is 23.2 Å². The van der Waals surface area contributed by atoms with Crippen molar-refractivity contribution in [2.75, 3.05) is 36.9 Å². The molecule has 1 saturated heterocycles. The third kappa shape index (κ3) is 3.65. The number of hydrogen-bond acceptors (Lipinski definition) is 6. The number of aromatic nitrogens is 1. The second-order valence-corrected chi connectivity index (χ2v) is 6.20. The van der Waals surface area contributed by atoms with Crippen LogP contribution in [0.1, 0.15) is 36.9 Å². The number of nitrogens with two attached hydrogens (primary N) is 1. The van der Waals surface area contributed by atoms with Crippen LogP contribution in [0.2, 0.25) is 0 Å². The van der Waals surface area contributed by atoms with Crippen LogP contribution < -0.4 is 16.0 Å². The molecule has 2 rings (SSSR count). The zero-order valence-electron chi connectivity index (χ0n) is 12.9. The van der Waals surface area contributed by atoms with E-state index in [1.807, 2.05) is 6.92 Å². The van der Waals surface area contributed by atoms with Crippen molar-refractivity contribution in [3.8, 4) is 0 Å². The van der Waals surface area contributed by atoms with E-state index in [4.69, 9.17) is 10.5 Å². The van der Waals surface area contributed by atoms with E-state index < -0.39 is 0 Å². The molecule has 6 nitrogen and oxygen atoms in total. The van der Waals surface area contributed by atoms with Gasteiger partial charge in [-0.05, 0) is 27.2 Å². The van der Waals surface area contributed by atoms with E-state index in [2.05, 4.69) is 29.0 Å². The van der Waals surface area contributed by atoms with Crippen molar-refractivity contribution in [2.24, 2.45) is 5.92 Å². The fourth-order valence-corrected chi connectivity index (χ4v) is 3.49. The molecule has 0 spiro atoms. The predicted octanol–water partition coefficient (Wildman–Crippen LogP) is 1.73. The lowest BCUT2D eigenvalue weighted by atomic mass is 10.0. The number of thiazole rings is 1. The minimum absolute atomic E-state index is 0.137. The van der Waals surface area contributed by atoms with Crippen molar-refractivity contribution in [2.45, 2.75) is 33.3 Å². The number of hydrogen-bond donors (Lipinski definition) is 2. The predicted molar refractivity (Wildman–Crippen MR) is 85.9 cm³/mol. The molecule has 7 heteroatoms. The maximum Gasteiger partial charge on any atom is 0.265 e. The number of nitrogen functional groups attached to an aromatic ring is 1. The average Bonchev–Trinajstić information content (AvgIpc) is 3.04. The van der Waals surface area contributed by atoms with Crippen LogP contribution in [0, 0.1) is 5.92 Å². The van der Waals surface area contributed by atoms with Gasteiger partial charge in [0, 0.05) is 32.2 Å². The fraction of sp³-hybridized carbons (Fsp3) is 0.714. The molecule has 2 unspecified atom stereocenters.